The van der Waals surface area contributed by atoms with Crippen LogP contribution in [-0.4, -0.2) is 26.7 Å². The first kappa shape index (κ1) is 13.9. The lowest BCUT2D eigenvalue weighted by Gasteiger charge is -2.29. The summed E-state index contributed by atoms with van der Waals surface area (Å²) in [5, 5.41) is 3.32. The summed E-state index contributed by atoms with van der Waals surface area (Å²) in [6.07, 6.45) is 4.53. The highest BCUT2D eigenvalue weighted by Crippen LogP contribution is 2.39. The van der Waals surface area contributed by atoms with E-state index in [0.29, 0.717) is 6.04 Å². The molecule has 0 radical (unpaired) electrons. The van der Waals surface area contributed by atoms with Crippen LogP contribution in [0.25, 0.3) is 0 Å². The molecule has 2 rings (SSSR count). The van der Waals surface area contributed by atoms with Gasteiger partial charge in [-0.1, -0.05) is 12.1 Å². The maximum atomic E-state index is 5.54. The molecular weight excluding hydrogens is 236 g/mol. The molecule has 1 saturated carbocycles. The molecule has 0 aromatic heterocycles. The van der Waals surface area contributed by atoms with Gasteiger partial charge in [0.1, 0.15) is 5.75 Å². The Morgan fingerprint density at radius 3 is 2.79 bits per heavy atom. The largest absolute Gasteiger partial charge is 0.496 e. The van der Waals surface area contributed by atoms with Crippen molar-refractivity contribution < 1.29 is 4.74 Å². The van der Waals surface area contributed by atoms with Crippen molar-refractivity contribution in [3.05, 3.63) is 36.4 Å². The Labute approximate surface area is 116 Å². The summed E-state index contributed by atoms with van der Waals surface area (Å²) in [4.78, 5) is 2.44. The second-order valence-electron chi connectivity index (χ2n) is 5.08. The number of hydrogen-bond donors (Lipinski definition) is 1. The van der Waals surface area contributed by atoms with Gasteiger partial charge in [0.25, 0.3) is 0 Å². The molecule has 1 atom stereocenters. The third kappa shape index (κ3) is 2.92. The van der Waals surface area contributed by atoms with Crippen LogP contribution >= 0.6 is 0 Å². The SMILES string of the molecule is C=CCN(c1cccc(OC)c1C(C)NC)C1CC1. The Morgan fingerprint density at radius 1 is 1.53 bits per heavy atom. The highest BCUT2D eigenvalue weighted by molar-refractivity contribution is 5.62. The smallest absolute Gasteiger partial charge is 0.125 e. The Balaban J connectivity index is 2.44. The first-order chi connectivity index (χ1) is 9.22. The lowest BCUT2D eigenvalue weighted by molar-refractivity contribution is 0.404. The fraction of sp³-hybridized carbons (Fsp3) is 0.500. The fourth-order valence-corrected chi connectivity index (χ4v) is 2.51. The van der Waals surface area contributed by atoms with Gasteiger partial charge in [-0.25, -0.2) is 0 Å². The van der Waals surface area contributed by atoms with Gasteiger partial charge in [-0.15, -0.1) is 6.58 Å². The van der Waals surface area contributed by atoms with E-state index in [1.807, 2.05) is 19.2 Å². The Bertz CT molecular complexity index is 440. The van der Waals surface area contributed by atoms with Crippen molar-refractivity contribution in [1.82, 2.24) is 5.32 Å². The molecule has 1 aromatic rings. The minimum absolute atomic E-state index is 0.261. The van der Waals surface area contributed by atoms with E-state index in [1.165, 1.54) is 24.1 Å². The van der Waals surface area contributed by atoms with E-state index in [2.05, 4.69) is 35.9 Å². The van der Waals surface area contributed by atoms with Crippen LogP contribution in [0.2, 0.25) is 0 Å². The Kier molecular flexibility index (Phi) is 4.48. The summed E-state index contributed by atoms with van der Waals surface area (Å²) >= 11 is 0. The summed E-state index contributed by atoms with van der Waals surface area (Å²) in [6.45, 7) is 6.94. The summed E-state index contributed by atoms with van der Waals surface area (Å²) in [6, 6.07) is 7.21. The minimum atomic E-state index is 0.261. The zero-order valence-corrected chi connectivity index (χ0v) is 12.1. The van der Waals surface area contributed by atoms with E-state index in [-0.39, 0.29) is 6.04 Å². The number of nitrogens with one attached hydrogen (secondary N) is 1. The highest BCUT2D eigenvalue weighted by atomic mass is 16.5. The van der Waals surface area contributed by atoms with Crippen LogP contribution in [0.4, 0.5) is 5.69 Å². The van der Waals surface area contributed by atoms with Crippen LogP contribution < -0.4 is 15.0 Å². The van der Waals surface area contributed by atoms with Crippen molar-refractivity contribution >= 4 is 5.69 Å². The van der Waals surface area contributed by atoms with Crippen molar-refractivity contribution in [2.45, 2.75) is 31.8 Å². The van der Waals surface area contributed by atoms with Gasteiger partial charge in [0.05, 0.1) is 7.11 Å². The predicted octanol–water partition coefficient (Wildman–Crippen LogP) is 3.13. The van der Waals surface area contributed by atoms with Crippen molar-refractivity contribution in [2.75, 3.05) is 25.6 Å². The maximum Gasteiger partial charge on any atom is 0.125 e. The number of hydrogen-bond acceptors (Lipinski definition) is 3. The summed E-state index contributed by atoms with van der Waals surface area (Å²) < 4.78 is 5.54. The number of benzene rings is 1. The first-order valence-electron chi connectivity index (χ1n) is 6.94. The van der Waals surface area contributed by atoms with Crippen LogP contribution in [0.3, 0.4) is 0 Å². The molecule has 0 aliphatic heterocycles. The average molecular weight is 260 g/mol. The molecule has 19 heavy (non-hydrogen) atoms. The molecular formula is C16H24N2O. The monoisotopic (exact) mass is 260 g/mol. The summed E-state index contributed by atoms with van der Waals surface area (Å²) in [5.41, 5.74) is 2.50. The van der Waals surface area contributed by atoms with Crippen LogP contribution in [0.1, 0.15) is 31.4 Å². The third-order valence-electron chi connectivity index (χ3n) is 3.75. The third-order valence-corrected chi connectivity index (χ3v) is 3.75. The number of anilines is 1. The van der Waals surface area contributed by atoms with Gasteiger partial charge >= 0.3 is 0 Å². The van der Waals surface area contributed by atoms with E-state index in [0.717, 1.165) is 12.3 Å². The Morgan fingerprint density at radius 2 is 2.26 bits per heavy atom. The molecule has 1 aromatic carbocycles. The molecule has 1 N–H and O–H groups in total. The molecule has 3 heteroatoms. The van der Waals surface area contributed by atoms with Crippen LogP contribution in [0, 0.1) is 0 Å². The molecule has 0 spiro atoms. The van der Waals surface area contributed by atoms with E-state index in [4.69, 9.17) is 4.74 Å². The van der Waals surface area contributed by atoms with Gasteiger partial charge < -0.3 is 15.0 Å². The first-order valence-corrected chi connectivity index (χ1v) is 6.94. The van der Waals surface area contributed by atoms with E-state index < -0.39 is 0 Å². The van der Waals surface area contributed by atoms with Crippen LogP contribution in [0.5, 0.6) is 5.75 Å². The average Bonchev–Trinajstić information content (AvgIpc) is 3.27. The summed E-state index contributed by atoms with van der Waals surface area (Å²) in [5.74, 6) is 0.953. The zero-order chi connectivity index (χ0) is 13.8. The molecule has 1 aliphatic carbocycles. The molecule has 0 amide bonds. The van der Waals surface area contributed by atoms with Gasteiger partial charge in [-0.05, 0) is 38.9 Å². The number of nitrogens with zero attached hydrogens (tertiary/aromatic N) is 1. The van der Waals surface area contributed by atoms with Gasteiger partial charge in [-0.2, -0.15) is 0 Å². The quantitative estimate of drug-likeness (QED) is 0.762. The lowest BCUT2D eigenvalue weighted by Crippen LogP contribution is -2.28. The normalized spacial score (nSPS) is 15.9. The Hall–Kier alpha value is -1.48. The topological polar surface area (TPSA) is 24.5 Å². The van der Waals surface area contributed by atoms with Gasteiger partial charge in [-0.3, -0.25) is 0 Å². The standard InChI is InChI=1S/C16H24N2O/c1-5-11-18(13-9-10-13)14-7-6-8-15(19-4)16(14)12(2)17-3/h5-8,12-13,17H,1,9-11H2,2-4H3. The lowest BCUT2D eigenvalue weighted by atomic mass is 10.0. The zero-order valence-electron chi connectivity index (χ0n) is 12.1. The molecule has 0 saturated heterocycles. The molecule has 3 nitrogen and oxygen atoms in total. The van der Waals surface area contributed by atoms with Crippen molar-refractivity contribution in [3.8, 4) is 5.75 Å². The predicted molar refractivity (Wildman–Crippen MR) is 81.0 cm³/mol. The van der Waals surface area contributed by atoms with E-state index in [1.54, 1.807) is 7.11 Å². The van der Waals surface area contributed by atoms with Gasteiger partial charge in [0.2, 0.25) is 0 Å². The number of methoxy groups -OCH3 is 1. The molecule has 1 unspecified atom stereocenters. The second-order valence-corrected chi connectivity index (χ2v) is 5.08. The highest BCUT2D eigenvalue weighted by Gasteiger charge is 2.31. The second kappa shape index (κ2) is 6.11. The van der Waals surface area contributed by atoms with E-state index >= 15 is 0 Å². The van der Waals surface area contributed by atoms with E-state index in [9.17, 15) is 0 Å². The van der Waals surface area contributed by atoms with Crippen LogP contribution in [0.15, 0.2) is 30.9 Å². The number of rotatable bonds is 7. The molecule has 1 aliphatic rings. The molecule has 104 valence electrons. The van der Waals surface area contributed by atoms with Crippen molar-refractivity contribution in [1.29, 1.82) is 0 Å². The fourth-order valence-electron chi connectivity index (χ4n) is 2.51. The number of ether oxygens (including phenoxy) is 1. The van der Waals surface area contributed by atoms with Crippen LogP contribution in [-0.2, 0) is 0 Å². The molecule has 0 heterocycles. The van der Waals surface area contributed by atoms with Gasteiger partial charge in [0.15, 0.2) is 0 Å². The van der Waals surface area contributed by atoms with Crippen molar-refractivity contribution in [2.24, 2.45) is 0 Å². The summed E-state index contributed by atoms with van der Waals surface area (Å²) in [7, 11) is 3.72. The molecule has 0 bridgehead atoms. The van der Waals surface area contributed by atoms with Gasteiger partial charge in [0, 0.05) is 29.9 Å². The molecule has 1 fully saturated rings. The maximum absolute atomic E-state index is 5.54. The van der Waals surface area contributed by atoms with Crippen molar-refractivity contribution in [3.63, 3.8) is 0 Å². The minimum Gasteiger partial charge on any atom is -0.496 e.